The smallest absolute Gasteiger partial charge is 0.0807 e. The molecular formula is C16H25NO. The molecular weight excluding hydrogens is 222 g/mol. The molecule has 2 aliphatic rings. The topological polar surface area (TPSA) is 25.2 Å². The number of hydrogen-bond donors (Lipinski definition) is 1. The summed E-state index contributed by atoms with van der Waals surface area (Å²) in [6.07, 6.45) is 8.39. The maximum atomic E-state index is 10.1. The first-order valence-corrected chi connectivity index (χ1v) is 7.55. The highest BCUT2D eigenvalue weighted by atomic mass is 16.3. The van der Waals surface area contributed by atoms with Crippen LogP contribution in [0.3, 0.4) is 0 Å². The number of fused-ring (bicyclic) bond motifs is 1. The third kappa shape index (κ3) is 2.01. The van der Waals surface area contributed by atoms with Gasteiger partial charge in [0.2, 0.25) is 0 Å². The fourth-order valence-corrected chi connectivity index (χ4v) is 3.91. The molecule has 0 bridgehead atoms. The second-order valence-corrected chi connectivity index (χ2v) is 6.38. The lowest BCUT2D eigenvalue weighted by Crippen LogP contribution is -2.21. The SMILES string of the molecule is Cc1cc2c(n1C1CCC(C)CC1)CCCC2O. The average Bonchev–Trinajstić information content (AvgIpc) is 2.69. The second-order valence-electron chi connectivity index (χ2n) is 6.38. The van der Waals surface area contributed by atoms with Gasteiger partial charge in [-0.3, -0.25) is 0 Å². The van der Waals surface area contributed by atoms with Crippen molar-refractivity contribution in [3.05, 3.63) is 23.0 Å². The van der Waals surface area contributed by atoms with Crippen LogP contribution in [0.4, 0.5) is 0 Å². The largest absolute Gasteiger partial charge is 0.388 e. The highest BCUT2D eigenvalue weighted by Gasteiger charge is 2.28. The van der Waals surface area contributed by atoms with E-state index in [1.54, 1.807) is 0 Å². The molecule has 1 aromatic rings. The van der Waals surface area contributed by atoms with Crippen molar-refractivity contribution in [2.45, 2.75) is 70.9 Å². The summed E-state index contributed by atoms with van der Waals surface area (Å²) in [5.41, 5.74) is 4.02. The van der Waals surface area contributed by atoms with E-state index in [0.29, 0.717) is 6.04 Å². The number of rotatable bonds is 1. The Morgan fingerprint density at radius 2 is 1.89 bits per heavy atom. The third-order valence-corrected chi connectivity index (χ3v) is 4.97. The molecule has 1 heterocycles. The Morgan fingerprint density at radius 1 is 1.17 bits per heavy atom. The van der Waals surface area contributed by atoms with Crippen LogP contribution in [0.1, 0.15) is 74.5 Å². The Hall–Kier alpha value is -0.760. The minimum absolute atomic E-state index is 0.212. The van der Waals surface area contributed by atoms with E-state index in [1.165, 1.54) is 42.6 Å². The van der Waals surface area contributed by atoms with Gasteiger partial charge in [0.15, 0.2) is 0 Å². The van der Waals surface area contributed by atoms with Crippen molar-refractivity contribution in [2.24, 2.45) is 5.92 Å². The van der Waals surface area contributed by atoms with Gasteiger partial charge in [-0.15, -0.1) is 0 Å². The van der Waals surface area contributed by atoms with Crippen LogP contribution < -0.4 is 0 Å². The van der Waals surface area contributed by atoms with E-state index < -0.39 is 0 Å². The molecule has 1 atom stereocenters. The lowest BCUT2D eigenvalue weighted by Gasteiger charge is -2.31. The monoisotopic (exact) mass is 247 g/mol. The summed E-state index contributed by atoms with van der Waals surface area (Å²) in [5, 5.41) is 10.1. The highest BCUT2D eigenvalue weighted by Crippen LogP contribution is 2.39. The van der Waals surface area contributed by atoms with E-state index >= 15 is 0 Å². The van der Waals surface area contributed by atoms with Gasteiger partial charge < -0.3 is 9.67 Å². The number of nitrogens with zero attached hydrogens (tertiary/aromatic N) is 1. The van der Waals surface area contributed by atoms with Crippen molar-refractivity contribution < 1.29 is 5.11 Å². The predicted molar refractivity (Wildman–Crippen MR) is 73.7 cm³/mol. The zero-order valence-electron chi connectivity index (χ0n) is 11.7. The standard InChI is InChI=1S/C16H25NO/c1-11-6-8-13(9-7-11)17-12(2)10-14-15(17)4-3-5-16(14)18/h10-11,13,16,18H,3-9H2,1-2H3. The summed E-state index contributed by atoms with van der Waals surface area (Å²) < 4.78 is 2.56. The quantitative estimate of drug-likeness (QED) is 0.799. The fraction of sp³-hybridized carbons (Fsp3) is 0.750. The van der Waals surface area contributed by atoms with Gasteiger partial charge >= 0.3 is 0 Å². The predicted octanol–water partition coefficient (Wildman–Crippen LogP) is 3.92. The average molecular weight is 247 g/mol. The molecule has 0 amide bonds. The number of hydrogen-bond acceptors (Lipinski definition) is 1. The molecule has 1 fully saturated rings. The number of aliphatic hydroxyl groups is 1. The highest BCUT2D eigenvalue weighted by molar-refractivity contribution is 5.32. The van der Waals surface area contributed by atoms with Gasteiger partial charge in [-0.25, -0.2) is 0 Å². The number of aromatic nitrogens is 1. The molecule has 0 aromatic carbocycles. The zero-order chi connectivity index (χ0) is 12.7. The van der Waals surface area contributed by atoms with Crippen molar-refractivity contribution in [2.75, 3.05) is 0 Å². The Balaban J connectivity index is 1.92. The first-order valence-electron chi connectivity index (χ1n) is 7.55. The summed E-state index contributed by atoms with van der Waals surface area (Å²) in [7, 11) is 0. The molecule has 2 heteroatoms. The Morgan fingerprint density at radius 3 is 2.61 bits per heavy atom. The molecule has 2 aliphatic carbocycles. The molecule has 3 rings (SSSR count). The Kier molecular flexibility index (Phi) is 3.23. The van der Waals surface area contributed by atoms with Gasteiger partial charge in [0.25, 0.3) is 0 Å². The number of aryl methyl sites for hydroxylation is 1. The van der Waals surface area contributed by atoms with Crippen LogP contribution in [0.2, 0.25) is 0 Å². The number of aliphatic hydroxyl groups excluding tert-OH is 1. The van der Waals surface area contributed by atoms with Crippen LogP contribution in [0, 0.1) is 12.8 Å². The van der Waals surface area contributed by atoms with E-state index in [4.69, 9.17) is 0 Å². The first kappa shape index (κ1) is 12.3. The molecule has 1 unspecified atom stereocenters. The molecule has 100 valence electrons. The molecule has 1 saturated carbocycles. The third-order valence-electron chi connectivity index (χ3n) is 4.97. The van der Waals surface area contributed by atoms with Crippen molar-refractivity contribution in [3.63, 3.8) is 0 Å². The van der Waals surface area contributed by atoms with Crippen LogP contribution in [-0.2, 0) is 6.42 Å². The minimum Gasteiger partial charge on any atom is -0.388 e. The van der Waals surface area contributed by atoms with E-state index in [9.17, 15) is 5.11 Å². The molecule has 0 saturated heterocycles. The molecule has 0 spiro atoms. The van der Waals surface area contributed by atoms with Gasteiger partial charge in [0, 0.05) is 23.0 Å². The van der Waals surface area contributed by atoms with Gasteiger partial charge in [-0.2, -0.15) is 0 Å². The molecule has 0 aliphatic heterocycles. The van der Waals surface area contributed by atoms with Gasteiger partial charge in [-0.05, 0) is 63.9 Å². The summed E-state index contributed by atoms with van der Waals surface area (Å²) >= 11 is 0. The van der Waals surface area contributed by atoms with Gasteiger partial charge in [0.1, 0.15) is 0 Å². The molecule has 1 aromatic heterocycles. The van der Waals surface area contributed by atoms with Crippen LogP contribution in [-0.4, -0.2) is 9.67 Å². The van der Waals surface area contributed by atoms with Crippen molar-refractivity contribution in [3.8, 4) is 0 Å². The molecule has 2 nitrogen and oxygen atoms in total. The van der Waals surface area contributed by atoms with Crippen LogP contribution >= 0.6 is 0 Å². The van der Waals surface area contributed by atoms with Crippen molar-refractivity contribution >= 4 is 0 Å². The summed E-state index contributed by atoms with van der Waals surface area (Å²) in [5.74, 6) is 0.901. The summed E-state index contributed by atoms with van der Waals surface area (Å²) in [6.45, 7) is 4.58. The van der Waals surface area contributed by atoms with E-state index in [2.05, 4.69) is 24.5 Å². The summed E-state index contributed by atoms with van der Waals surface area (Å²) in [4.78, 5) is 0. The normalized spacial score (nSPS) is 32.3. The van der Waals surface area contributed by atoms with E-state index in [1.807, 2.05) is 0 Å². The van der Waals surface area contributed by atoms with Crippen molar-refractivity contribution in [1.29, 1.82) is 0 Å². The molecule has 18 heavy (non-hydrogen) atoms. The maximum Gasteiger partial charge on any atom is 0.0807 e. The lowest BCUT2D eigenvalue weighted by atomic mass is 9.86. The van der Waals surface area contributed by atoms with Crippen LogP contribution in [0.5, 0.6) is 0 Å². The van der Waals surface area contributed by atoms with Crippen LogP contribution in [0.15, 0.2) is 6.07 Å². The van der Waals surface area contributed by atoms with E-state index in [-0.39, 0.29) is 6.10 Å². The minimum atomic E-state index is -0.212. The first-order chi connectivity index (χ1) is 8.66. The Labute approximate surface area is 110 Å². The lowest BCUT2D eigenvalue weighted by molar-refractivity contribution is 0.154. The van der Waals surface area contributed by atoms with Gasteiger partial charge in [-0.1, -0.05) is 6.92 Å². The second kappa shape index (κ2) is 4.73. The Bertz CT molecular complexity index is 427. The van der Waals surface area contributed by atoms with E-state index in [0.717, 1.165) is 25.2 Å². The fourth-order valence-electron chi connectivity index (χ4n) is 3.91. The molecule has 0 radical (unpaired) electrons. The van der Waals surface area contributed by atoms with Crippen LogP contribution in [0.25, 0.3) is 0 Å². The zero-order valence-corrected chi connectivity index (χ0v) is 11.7. The summed E-state index contributed by atoms with van der Waals surface area (Å²) in [6, 6.07) is 2.92. The van der Waals surface area contributed by atoms with Gasteiger partial charge in [0.05, 0.1) is 6.10 Å². The molecule has 1 N–H and O–H groups in total. The maximum absolute atomic E-state index is 10.1. The van der Waals surface area contributed by atoms with Crippen molar-refractivity contribution in [1.82, 2.24) is 4.57 Å².